The van der Waals surface area contributed by atoms with Gasteiger partial charge < -0.3 is 14.5 Å². The SMILES string of the molecule is c1ccc(COc2ccccc2CNc2ccc(-c3cnco3)cc2)cc1. The van der Waals surface area contributed by atoms with Gasteiger partial charge in [-0.25, -0.2) is 4.98 Å². The lowest BCUT2D eigenvalue weighted by molar-refractivity contribution is 0.303. The topological polar surface area (TPSA) is 47.3 Å². The third-order valence-corrected chi connectivity index (χ3v) is 4.29. The van der Waals surface area contributed by atoms with E-state index in [4.69, 9.17) is 9.15 Å². The van der Waals surface area contributed by atoms with Crippen LogP contribution in [0.2, 0.25) is 0 Å². The van der Waals surface area contributed by atoms with E-state index in [1.54, 1.807) is 6.20 Å². The number of rotatable bonds is 7. The van der Waals surface area contributed by atoms with Crippen LogP contribution in [0.1, 0.15) is 11.1 Å². The molecule has 0 aliphatic heterocycles. The second-order valence-corrected chi connectivity index (χ2v) is 6.18. The number of nitrogens with zero attached hydrogens (tertiary/aromatic N) is 1. The van der Waals surface area contributed by atoms with Gasteiger partial charge in [-0.15, -0.1) is 0 Å². The molecule has 134 valence electrons. The van der Waals surface area contributed by atoms with E-state index >= 15 is 0 Å². The highest BCUT2D eigenvalue weighted by molar-refractivity contribution is 5.60. The molecule has 0 spiro atoms. The molecule has 4 rings (SSSR count). The molecule has 0 bridgehead atoms. The molecule has 4 heteroatoms. The van der Waals surface area contributed by atoms with E-state index in [1.165, 1.54) is 6.39 Å². The zero-order valence-corrected chi connectivity index (χ0v) is 14.8. The van der Waals surface area contributed by atoms with Crippen LogP contribution in [-0.2, 0) is 13.2 Å². The van der Waals surface area contributed by atoms with Crippen molar-refractivity contribution in [2.24, 2.45) is 0 Å². The van der Waals surface area contributed by atoms with E-state index in [0.29, 0.717) is 13.2 Å². The molecular weight excluding hydrogens is 336 g/mol. The van der Waals surface area contributed by atoms with Crippen molar-refractivity contribution in [3.05, 3.63) is 103 Å². The molecule has 4 nitrogen and oxygen atoms in total. The number of para-hydroxylation sites is 1. The molecule has 4 aromatic rings. The molecule has 0 unspecified atom stereocenters. The molecule has 0 aliphatic carbocycles. The summed E-state index contributed by atoms with van der Waals surface area (Å²) in [6, 6.07) is 26.4. The number of hydrogen-bond donors (Lipinski definition) is 1. The minimum absolute atomic E-state index is 0.559. The summed E-state index contributed by atoms with van der Waals surface area (Å²) < 4.78 is 11.3. The average molecular weight is 356 g/mol. The van der Waals surface area contributed by atoms with E-state index in [-0.39, 0.29) is 0 Å². The van der Waals surface area contributed by atoms with Crippen LogP contribution in [0.3, 0.4) is 0 Å². The minimum atomic E-state index is 0.559. The van der Waals surface area contributed by atoms with Gasteiger partial charge >= 0.3 is 0 Å². The van der Waals surface area contributed by atoms with Gasteiger partial charge in [0.2, 0.25) is 0 Å². The Morgan fingerprint density at radius 2 is 1.63 bits per heavy atom. The smallest absolute Gasteiger partial charge is 0.181 e. The van der Waals surface area contributed by atoms with Gasteiger partial charge in [0.1, 0.15) is 12.4 Å². The van der Waals surface area contributed by atoms with Gasteiger partial charge in [-0.2, -0.15) is 0 Å². The van der Waals surface area contributed by atoms with Crippen molar-refractivity contribution in [2.75, 3.05) is 5.32 Å². The maximum absolute atomic E-state index is 6.02. The van der Waals surface area contributed by atoms with Crippen LogP contribution in [0.5, 0.6) is 5.75 Å². The fourth-order valence-corrected chi connectivity index (χ4v) is 2.83. The van der Waals surface area contributed by atoms with Crippen molar-refractivity contribution in [1.29, 1.82) is 0 Å². The number of ether oxygens (including phenoxy) is 1. The van der Waals surface area contributed by atoms with E-state index in [9.17, 15) is 0 Å². The highest BCUT2D eigenvalue weighted by atomic mass is 16.5. The standard InChI is InChI=1S/C23H20N2O2/c1-2-6-18(7-3-1)16-26-22-9-5-4-8-20(22)14-25-21-12-10-19(11-13-21)23-15-24-17-27-23/h1-13,15,17,25H,14,16H2. The number of aromatic nitrogens is 1. The number of anilines is 1. The number of oxazole rings is 1. The molecule has 0 atom stereocenters. The van der Waals surface area contributed by atoms with E-state index in [1.807, 2.05) is 60.7 Å². The summed E-state index contributed by atoms with van der Waals surface area (Å²) in [7, 11) is 0. The first-order valence-corrected chi connectivity index (χ1v) is 8.86. The molecule has 0 saturated heterocycles. The molecule has 27 heavy (non-hydrogen) atoms. The van der Waals surface area contributed by atoms with Crippen LogP contribution >= 0.6 is 0 Å². The van der Waals surface area contributed by atoms with Crippen molar-refractivity contribution < 1.29 is 9.15 Å². The Morgan fingerprint density at radius 3 is 2.41 bits per heavy atom. The Kier molecular flexibility index (Phi) is 5.16. The summed E-state index contributed by atoms with van der Waals surface area (Å²) in [6.07, 6.45) is 3.15. The Morgan fingerprint density at radius 1 is 0.852 bits per heavy atom. The number of hydrogen-bond acceptors (Lipinski definition) is 4. The minimum Gasteiger partial charge on any atom is -0.489 e. The zero-order chi connectivity index (χ0) is 18.3. The van der Waals surface area contributed by atoms with Crippen LogP contribution < -0.4 is 10.1 Å². The maximum Gasteiger partial charge on any atom is 0.181 e. The Bertz CT molecular complexity index is 965. The Hall–Kier alpha value is -3.53. The lowest BCUT2D eigenvalue weighted by Crippen LogP contribution is -2.03. The molecule has 0 radical (unpaired) electrons. The summed E-state index contributed by atoms with van der Waals surface area (Å²) in [5, 5.41) is 3.45. The normalized spacial score (nSPS) is 10.5. The molecule has 0 aliphatic rings. The van der Waals surface area contributed by atoms with Gasteiger partial charge in [-0.3, -0.25) is 0 Å². The first kappa shape index (κ1) is 16.9. The van der Waals surface area contributed by atoms with Gasteiger partial charge in [0, 0.05) is 23.4 Å². The fraction of sp³-hybridized carbons (Fsp3) is 0.0870. The van der Waals surface area contributed by atoms with E-state index in [0.717, 1.165) is 33.9 Å². The third-order valence-electron chi connectivity index (χ3n) is 4.29. The first-order valence-electron chi connectivity index (χ1n) is 8.86. The average Bonchev–Trinajstić information content (AvgIpc) is 3.27. The van der Waals surface area contributed by atoms with E-state index in [2.05, 4.69) is 28.5 Å². The lowest BCUT2D eigenvalue weighted by atomic mass is 10.1. The van der Waals surface area contributed by atoms with Crippen molar-refractivity contribution in [1.82, 2.24) is 4.98 Å². The van der Waals surface area contributed by atoms with E-state index < -0.39 is 0 Å². The highest BCUT2D eigenvalue weighted by Crippen LogP contribution is 2.23. The molecule has 1 aromatic heterocycles. The molecular formula is C23H20N2O2. The number of benzene rings is 3. The molecule has 1 heterocycles. The van der Waals surface area contributed by atoms with Crippen molar-refractivity contribution >= 4 is 5.69 Å². The zero-order valence-electron chi connectivity index (χ0n) is 14.8. The summed E-state index contributed by atoms with van der Waals surface area (Å²) in [5.41, 5.74) is 4.32. The molecule has 0 amide bonds. The Labute approximate surface area is 158 Å². The quantitative estimate of drug-likeness (QED) is 0.473. The summed E-state index contributed by atoms with van der Waals surface area (Å²) in [5.74, 6) is 1.66. The lowest BCUT2D eigenvalue weighted by Gasteiger charge is -2.13. The third kappa shape index (κ3) is 4.36. The highest BCUT2D eigenvalue weighted by Gasteiger charge is 2.05. The summed E-state index contributed by atoms with van der Waals surface area (Å²) >= 11 is 0. The Balaban J connectivity index is 1.39. The second-order valence-electron chi connectivity index (χ2n) is 6.18. The molecule has 0 saturated carbocycles. The van der Waals surface area contributed by atoms with Crippen molar-refractivity contribution in [2.45, 2.75) is 13.2 Å². The second kappa shape index (κ2) is 8.23. The molecule has 1 N–H and O–H groups in total. The van der Waals surface area contributed by atoms with Gasteiger partial charge in [0.25, 0.3) is 0 Å². The largest absolute Gasteiger partial charge is 0.489 e. The first-order chi connectivity index (χ1) is 13.4. The summed E-state index contributed by atoms with van der Waals surface area (Å²) in [6.45, 7) is 1.25. The molecule has 3 aromatic carbocycles. The van der Waals surface area contributed by atoms with Crippen LogP contribution in [0, 0.1) is 0 Å². The van der Waals surface area contributed by atoms with Crippen LogP contribution in [0.15, 0.2) is 95.9 Å². The maximum atomic E-state index is 6.02. The summed E-state index contributed by atoms with van der Waals surface area (Å²) in [4.78, 5) is 3.95. The number of nitrogens with one attached hydrogen (secondary N) is 1. The van der Waals surface area contributed by atoms with Gasteiger partial charge in [0.15, 0.2) is 12.2 Å². The van der Waals surface area contributed by atoms with Gasteiger partial charge in [-0.1, -0.05) is 48.5 Å². The fourth-order valence-electron chi connectivity index (χ4n) is 2.83. The predicted octanol–water partition coefficient (Wildman–Crippen LogP) is 5.53. The van der Waals surface area contributed by atoms with Crippen LogP contribution in [0.25, 0.3) is 11.3 Å². The van der Waals surface area contributed by atoms with Gasteiger partial charge in [0.05, 0.1) is 6.20 Å². The van der Waals surface area contributed by atoms with Crippen molar-refractivity contribution in [3.63, 3.8) is 0 Å². The van der Waals surface area contributed by atoms with Crippen LogP contribution in [-0.4, -0.2) is 4.98 Å². The van der Waals surface area contributed by atoms with Crippen LogP contribution in [0.4, 0.5) is 5.69 Å². The van der Waals surface area contributed by atoms with Crippen molar-refractivity contribution in [3.8, 4) is 17.1 Å². The predicted molar refractivity (Wildman–Crippen MR) is 106 cm³/mol. The van der Waals surface area contributed by atoms with Gasteiger partial charge in [-0.05, 0) is 35.9 Å². The monoisotopic (exact) mass is 356 g/mol. The molecule has 0 fully saturated rings.